The van der Waals surface area contributed by atoms with Gasteiger partial charge in [-0.2, -0.15) is 9.61 Å². The molecule has 1 saturated heterocycles. The van der Waals surface area contributed by atoms with Crippen molar-refractivity contribution in [2.24, 2.45) is 0 Å². The number of thioether (sulfide) groups is 1. The highest BCUT2D eigenvalue weighted by Gasteiger charge is 2.17. The lowest BCUT2D eigenvalue weighted by molar-refractivity contribution is -0.128. The maximum Gasteiger partial charge on any atom is 0.233 e. The van der Waals surface area contributed by atoms with E-state index in [1.165, 1.54) is 24.6 Å². The summed E-state index contributed by atoms with van der Waals surface area (Å²) in [7, 11) is 1.64. The lowest BCUT2D eigenvalue weighted by Crippen LogP contribution is -2.33. The van der Waals surface area contributed by atoms with Crippen LogP contribution in [0.4, 0.5) is 0 Å². The number of likely N-dealkylation sites (tertiary alicyclic amines) is 1. The first kappa shape index (κ1) is 18.7. The van der Waals surface area contributed by atoms with Gasteiger partial charge >= 0.3 is 0 Å². The molecule has 0 bridgehead atoms. The summed E-state index contributed by atoms with van der Waals surface area (Å²) < 4.78 is 7.00. The molecular weight excluding hydrogens is 374 g/mol. The number of amides is 1. The maximum atomic E-state index is 12.6. The van der Waals surface area contributed by atoms with Crippen LogP contribution in [-0.2, 0) is 4.79 Å². The quantitative estimate of drug-likeness (QED) is 0.615. The Morgan fingerprint density at radius 3 is 2.71 bits per heavy atom. The van der Waals surface area contributed by atoms with Crippen molar-refractivity contribution in [3.05, 3.63) is 36.4 Å². The zero-order valence-corrected chi connectivity index (χ0v) is 16.7. The highest BCUT2D eigenvalue weighted by Crippen LogP contribution is 2.24. The zero-order valence-electron chi connectivity index (χ0n) is 15.9. The van der Waals surface area contributed by atoms with Crippen LogP contribution in [0.25, 0.3) is 16.9 Å². The molecule has 3 aromatic rings. The molecule has 0 unspecified atom stereocenters. The molecule has 7 nitrogen and oxygen atoms in total. The van der Waals surface area contributed by atoms with Crippen LogP contribution in [0.3, 0.4) is 0 Å². The summed E-state index contributed by atoms with van der Waals surface area (Å²) >= 11 is 1.39. The lowest BCUT2D eigenvalue weighted by Gasteiger charge is -2.19. The van der Waals surface area contributed by atoms with E-state index in [4.69, 9.17) is 4.74 Å². The molecule has 2 aromatic heterocycles. The Morgan fingerprint density at radius 1 is 1.11 bits per heavy atom. The van der Waals surface area contributed by atoms with Gasteiger partial charge in [0.05, 0.1) is 18.6 Å². The summed E-state index contributed by atoms with van der Waals surface area (Å²) in [6, 6.07) is 11.5. The van der Waals surface area contributed by atoms with E-state index in [-0.39, 0.29) is 5.91 Å². The van der Waals surface area contributed by atoms with Crippen molar-refractivity contribution in [1.82, 2.24) is 24.7 Å². The number of fused-ring (bicyclic) bond motifs is 1. The van der Waals surface area contributed by atoms with Crippen LogP contribution < -0.4 is 4.74 Å². The average Bonchev–Trinajstić information content (AvgIpc) is 2.95. The molecule has 28 heavy (non-hydrogen) atoms. The third-order valence-corrected chi connectivity index (χ3v) is 5.79. The maximum absolute atomic E-state index is 12.6. The molecule has 1 aliphatic rings. The Balaban J connectivity index is 1.52. The molecule has 3 heterocycles. The zero-order chi connectivity index (χ0) is 19.3. The summed E-state index contributed by atoms with van der Waals surface area (Å²) in [5, 5.41) is 13.7. The number of rotatable bonds is 5. The van der Waals surface area contributed by atoms with Crippen molar-refractivity contribution in [3.8, 4) is 17.0 Å². The second kappa shape index (κ2) is 8.60. The molecule has 1 aliphatic heterocycles. The molecular formula is C20H23N5O2S. The highest BCUT2D eigenvalue weighted by atomic mass is 32.2. The Bertz CT molecular complexity index is 966. The van der Waals surface area contributed by atoms with Gasteiger partial charge < -0.3 is 9.64 Å². The van der Waals surface area contributed by atoms with Gasteiger partial charge in [0, 0.05) is 18.7 Å². The van der Waals surface area contributed by atoms with E-state index < -0.39 is 0 Å². The first-order chi connectivity index (χ1) is 13.7. The predicted octanol–water partition coefficient (Wildman–Crippen LogP) is 3.29. The highest BCUT2D eigenvalue weighted by molar-refractivity contribution is 7.99. The number of ether oxygens (including phenoxy) is 1. The number of methoxy groups -OCH3 is 1. The number of carbonyl (C=O) groups excluding carboxylic acids is 1. The lowest BCUT2D eigenvalue weighted by atomic mass is 10.1. The van der Waals surface area contributed by atoms with Crippen LogP contribution in [0.15, 0.2) is 41.6 Å². The van der Waals surface area contributed by atoms with Gasteiger partial charge in [-0.25, -0.2) is 0 Å². The van der Waals surface area contributed by atoms with E-state index in [0.717, 1.165) is 42.9 Å². The van der Waals surface area contributed by atoms with Crippen LogP contribution in [0.5, 0.6) is 5.75 Å². The molecule has 0 spiro atoms. The largest absolute Gasteiger partial charge is 0.497 e. The first-order valence-corrected chi connectivity index (χ1v) is 10.5. The monoisotopic (exact) mass is 397 g/mol. The number of hydrogen-bond acceptors (Lipinski definition) is 6. The van der Waals surface area contributed by atoms with Crippen molar-refractivity contribution in [2.45, 2.75) is 30.8 Å². The van der Waals surface area contributed by atoms with Gasteiger partial charge in [0.15, 0.2) is 5.65 Å². The summed E-state index contributed by atoms with van der Waals surface area (Å²) in [5.41, 5.74) is 2.41. The normalized spacial score (nSPS) is 14.8. The molecule has 0 saturated carbocycles. The van der Waals surface area contributed by atoms with Gasteiger partial charge in [0.2, 0.25) is 11.1 Å². The van der Waals surface area contributed by atoms with E-state index in [0.29, 0.717) is 16.6 Å². The van der Waals surface area contributed by atoms with E-state index in [9.17, 15) is 4.79 Å². The topological polar surface area (TPSA) is 72.6 Å². The molecule has 1 aromatic carbocycles. The minimum atomic E-state index is 0.160. The third-order valence-electron chi connectivity index (χ3n) is 4.88. The Labute approximate surface area is 168 Å². The van der Waals surface area contributed by atoms with Crippen molar-refractivity contribution in [2.75, 3.05) is 26.0 Å². The second-order valence-corrected chi connectivity index (χ2v) is 7.73. The minimum absolute atomic E-state index is 0.160. The third kappa shape index (κ3) is 4.11. The molecule has 4 rings (SSSR count). The molecule has 0 N–H and O–H groups in total. The summed E-state index contributed by atoms with van der Waals surface area (Å²) in [6.45, 7) is 1.72. The van der Waals surface area contributed by atoms with Crippen LogP contribution >= 0.6 is 11.8 Å². The van der Waals surface area contributed by atoms with E-state index >= 15 is 0 Å². The number of aromatic nitrogens is 4. The van der Waals surface area contributed by atoms with Crippen LogP contribution in [0, 0.1) is 0 Å². The van der Waals surface area contributed by atoms with Gasteiger partial charge in [-0.15, -0.1) is 10.2 Å². The first-order valence-electron chi connectivity index (χ1n) is 9.52. The molecule has 146 valence electrons. The molecule has 0 aliphatic carbocycles. The number of carbonyl (C=O) groups is 1. The van der Waals surface area contributed by atoms with E-state index in [2.05, 4.69) is 15.3 Å². The van der Waals surface area contributed by atoms with E-state index in [1.54, 1.807) is 11.6 Å². The standard InChI is InChI=1S/C20H23N5O2S/c1-27-16-8-6-7-15(13-16)17-9-10-18-21-22-20(25(18)23-17)28-14-19(26)24-11-4-2-3-5-12-24/h6-10,13H,2-5,11-12,14H2,1H3. The minimum Gasteiger partial charge on any atom is -0.497 e. The van der Waals surface area contributed by atoms with Crippen molar-refractivity contribution in [1.29, 1.82) is 0 Å². The number of nitrogens with zero attached hydrogens (tertiary/aromatic N) is 5. The van der Waals surface area contributed by atoms with Gasteiger partial charge in [0.25, 0.3) is 0 Å². The second-order valence-electron chi connectivity index (χ2n) is 6.79. The van der Waals surface area contributed by atoms with Crippen LogP contribution in [0.2, 0.25) is 0 Å². The Morgan fingerprint density at radius 2 is 1.93 bits per heavy atom. The van der Waals surface area contributed by atoms with Gasteiger partial charge in [-0.1, -0.05) is 36.7 Å². The number of benzene rings is 1. The summed E-state index contributed by atoms with van der Waals surface area (Å²) in [5.74, 6) is 1.29. The molecule has 0 atom stereocenters. The average molecular weight is 398 g/mol. The van der Waals surface area contributed by atoms with Gasteiger partial charge in [-0.3, -0.25) is 4.79 Å². The predicted molar refractivity (Wildman–Crippen MR) is 109 cm³/mol. The summed E-state index contributed by atoms with van der Waals surface area (Å²) in [4.78, 5) is 14.5. The van der Waals surface area contributed by atoms with E-state index in [1.807, 2.05) is 41.3 Å². The number of hydrogen-bond donors (Lipinski definition) is 0. The molecule has 0 radical (unpaired) electrons. The van der Waals surface area contributed by atoms with Crippen molar-refractivity contribution >= 4 is 23.3 Å². The molecule has 8 heteroatoms. The van der Waals surface area contributed by atoms with Crippen LogP contribution in [0.1, 0.15) is 25.7 Å². The molecule has 1 fully saturated rings. The Kier molecular flexibility index (Phi) is 5.76. The summed E-state index contributed by atoms with van der Waals surface area (Å²) in [6.07, 6.45) is 4.61. The van der Waals surface area contributed by atoms with Crippen LogP contribution in [-0.4, -0.2) is 56.6 Å². The fourth-order valence-corrected chi connectivity index (χ4v) is 4.12. The smallest absolute Gasteiger partial charge is 0.233 e. The van der Waals surface area contributed by atoms with Crippen molar-refractivity contribution in [3.63, 3.8) is 0 Å². The van der Waals surface area contributed by atoms with Gasteiger partial charge in [0.1, 0.15) is 5.75 Å². The van der Waals surface area contributed by atoms with Crippen molar-refractivity contribution < 1.29 is 9.53 Å². The van der Waals surface area contributed by atoms with Gasteiger partial charge in [-0.05, 0) is 37.1 Å². The SMILES string of the molecule is COc1cccc(-c2ccc3nnc(SCC(=O)N4CCCCCC4)n3n2)c1. The fraction of sp³-hybridized carbons (Fsp3) is 0.400. The Hall–Kier alpha value is -2.61. The molecule has 1 amide bonds. The fourth-order valence-electron chi connectivity index (χ4n) is 3.33.